The summed E-state index contributed by atoms with van der Waals surface area (Å²) >= 11 is 6.15. The molecule has 0 fully saturated rings. The van der Waals surface area contributed by atoms with E-state index >= 15 is 0 Å². The highest BCUT2D eigenvalue weighted by molar-refractivity contribution is 6.32. The quantitative estimate of drug-likeness (QED) is 0.802. The van der Waals surface area contributed by atoms with E-state index in [1.54, 1.807) is 30.3 Å². The van der Waals surface area contributed by atoms with Crippen molar-refractivity contribution in [2.45, 2.75) is 6.92 Å². The van der Waals surface area contributed by atoms with Crippen molar-refractivity contribution < 1.29 is 23.7 Å². The van der Waals surface area contributed by atoms with E-state index in [-0.39, 0.29) is 11.7 Å². The SMILES string of the molecule is CCOc1c(Cl)cccc1NC(=O)c1ccc(OC)c(OC)c1OC. The van der Waals surface area contributed by atoms with Crippen molar-refractivity contribution in [3.8, 4) is 23.0 Å². The van der Waals surface area contributed by atoms with Crippen LogP contribution in [0.15, 0.2) is 30.3 Å². The molecule has 0 heterocycles. The van der Waals surface area contributed by atoms with Crippen LogP contribution >= 0.6 is 11.6 Å². The number of carbonyl (C=O) groups is 1. The van der Waals surface area contributed by atoms with Crippen molar-refractivity contribution in [2.75, 3.05) is 33.3 Å². The number of halogens is 1. The van der Waals surface area contributed by atoms with Crippen LogP contribution in [0.5, 0.6) is 23.0 Å². The summed E-state index contributed by atoms with van der Waals surface area (Å²) < 4.78 is 21.4. The minimum atomic E-state index is -0.388. The molecular formula is C18H20ClNO5. The number of ether oxygens (including phenoxy) is 4. The lowest BCUT2D eigenvalue weighted by atomic mass is 10.1. The Kier molecular flexibility index (Phi) is 6.36. The molecule has 0 saturated carbocycles. The highest BCUT2D eigenvalue weighted by atomic mass is 35.5. The molecule has 2 aromatic carbocycles. The third kappa shape index (κ3) is 3.91. The Labute approximate surface area is 151 Å². The summed E-state index contributed by atoms with van der Waals surface area (Å²) in [7, 11) is 4.45. The van der Waals surface area contributed by atoms with Crippen molar-refractivity contribution in [1.29, 1.82) is 0 Å². The Hall–Kier alpha value is -2.60. The van der Waals surface area contributed by atoms with Gasteiger partial charge in [0.25, 0.3) is 5.91 Å². The number of rotatable bonds is 7. The normalized spacial score (nSPS) is 10.1. The molecule has 0 aliphatic rings. The number of nitrogens with one attached hydrogen (secondary N) is 1. The lowest BCUT2D eigenvalue weighted by Crippen LogP contribution is -2.15. The second-order valence-electron chi connectivity index (χ2n) is 4.89. The molecule has 1 N–H and O–H groups in total. The minimum absolute atomic E-state index is 0.277. The molecule has 25 heavy (non-hydrogen) atoms. The summed E-state index contributed by atoms with van der Waals surface area (Å²) in [5, 5.41) is 3.21. The van der Waals surface area contributed by atoms with Crippen molar-refractivity contribution >= 4 is 23.2 Å². The largest absolute Gasteiger partial charge is 0.493 e. The Balaban J connectivity index is 2.41. The van der Waals surface area contributed by atoms with Gasteiger partial charge in [0, 0.05) is 0 Å². The van der Waals surface area contributed by atoms with Crippen LogP contribution in [0, 0.1) is 0 Å². The average Bonchev–Trinajstić information content (AvgIpc) is 2.62. The third-order valence-electron chi connectivity index (χ3n) is 3.45. The van der Waals surface area contributed by atoms with Gasteiger partial charge in [-0.25, -0.2) is 0 Å². The fraction of sp³-hybridized carbons (Fsp3) is 0.278. The molecule has 0 aliphatic heterocycles. The first-order valence-electron chi connectivity index (χ1n) is 7.58. The number of amides is 1. The standard InChI is InChI=1S/C18H20ClNO5/c1-5-25-16-12(19)7-6-8-13(16)20-18(21)11-9-10-14(22-2)17(24-4)15(11)23-3/h6-10H,5H2,1-4H3,(H,20,21). The van der Waals surface area contributed by atoms with Crippen LogP contribution in [0.3, 0.4) is 0 Å². The zero-order valence-electron chi connectivity index (χ0n) is 14.5. The second kappa shape index (κ2) is 8.48. The fourth-order valence-corrected chi connectivity index (χ4v) is 2.60. The number of anilines is 1. The van der Waals surface area contributed by atoms with E-state index in [1.807, 2.05) is 6.92 Å². The lowest BCUT2D eigenvalue weighted by molar-refractivity contribution is 0.102. The molecule has 1 amide bonds. The van der Waals surface area contributed by atoms with Crippen molar-refractivity contribution in [3.63, 3.8) is 0 Å². The number of hydrogen-bond donors (Lipinski definition) is 1. The maximum atomic E-state index is 12.7. The van der Waals surface area contributed by atoms with Crippen LogP contribution in [0.4, 0.5) is 5.69 Å². The molecule has 2 aromatic rings. The maximum absolute atomic E-state index is 12.7. The van der Waals surface area contributed by atoms with Crippen LogP contribution in [0.2, 0.25) is 5.02 Å². The van der Waals surface area contributed by atoms with E-state index in [2.05, 4.69) is 5.32 Å². The van der Waals surface area contributed by atoms with E-state index in [9.17, 15) is 4.79 Å². The Morgan fingerprint density at radius 3 is 2.32 bits per heavy atom. The van der Waals surface area contributed by atoms with Gasteiger partial charge in [0.05, 0.1) is 44.2 Å². The fourth-order valence-electron chi connectivity index (χ4n) is 2.37. The van der Waals surface area contributed by atoms with Crippen molar-refractivity contribution in [3.05, 3.63) is 40.9 Å². The first kappa shape index (κ1) is 18.7. The number of hydrogen-bond acceptors (Lipinski definition) is 5. The van der Waals surface area contributed by atoms with E-state index in [0.29, 0.717) is 40.1 Å². The summed E-state index contributed by atoms with van der Waals surface area (Å²) in [5.74, 6) is 1.11. The van der Waals surface area contributed by atoms with Crippen LogP contribution in [-0.2, 0) is 0 Å². The first-order valence-corrected chi connectivity index (χ1v) is 7.96. The average molecular weight is 366 g/mol. The van der Waals surface area contributed by atoms with Gasteiger partial charge in [-0.1, -0.05) is 17.7 Å². The maximum Gasteiger partial charge on any atom is 0.259 e. The Morgan fingerprint density at radius 2 is 1.72 bits per heavy atom. The molecule has 2 rings (SSSR count). The van der Waals surface area contributed by atoms with Gasteiger partial charge in [0.2, 0.25) is 5.75 Å². The van der Waals surface area contributed by atoms with Crippen molar-refractivity contribution in [2.24, 2.45) is 0 Å². The molecule has 0 aromatic heterocycles. The van der Waals surface area contributed by atoms with Crippen molar-refractivity contribution in [1.82, 2.24) is 0 Å². The van der Waals surface area contributed by atoms with Gasteiger partial charge in [0.1, 0.15) is 0 Å². The van der Waals surface area contributed by atoms with Gasteiger partial charge in [-0.3, -0.25) is 4.79 Å². The molecule has 6 nitrogen and oxygen atoms in total. The summed E-state index contributed by atoms with van der Waals surface area (Å²) in [6.45, 7) is 2.26. The topological polar surface area (TPSA) is 66.0 Å². The highest BCUT2D eigenvalue weighted by Gasteiger charge is 2.22. The zero-order chi connectivity index (χ0) is 18.4. The van der Waals surface area contributed by atoms with Crippen LogP contribution in [0.25, 0.3) is 0 Å². The predicted octanol–water partition coefficient (Wildman–Crippen LogP) is 4.02. The van der Waals surface area contributed by atoms with Gasteiger partial charge in [0.15, 0.2) is 17.2 Å². The summed E-state index contributed by atoms with van der Waals surface area (Å²) in [6.07, 6.45) is 0. The van der Waals surface area contributed by atoms with Gasteiger partial charge < -0.3 is 24.3 Å². The van der Waals surface area contributed by atoms with Gasteiger partial charge in [-0.15, -0.1) is 0 Å². The monoisotopic (exact) mass is 365 g/mol. The van der Waals surface area contributed by atoms with Crippen LogP contribution in [0.1, 0.15) is 17.3 Å². The molecule has 0 aliphatic carbocycles. The Morgan fingerprint density at radius 1 is 1.00 bits per heavy atom. The molecule has 0 radical (unpaired) electrons. The minimum Gasteiger partial charge on any atom is -0.493 e. The molecule has 134 valence electrons. The third-order valence-corrected chi connectivity index (χ3v) is 3.75. The van der Waals surface area contributed by atoms with E-state index in [0.717, 1.165) is 0 Å². The number of para-hydroxylation sites is 1. The summed E-state index contributed by atoms with van der Waals surface area (Å²) in [6, 6.07) is 8.37. The summed E-state index contributed by atoms with van der Waals surface area (Å²) in [5.41, 5.74) is 0.763. The van der Waals surface area contributed by atoms with E-state index in [1.165, 1.54) is 21.3 Å². The van der Waals surface area contributed by atoms with Gasteiger partial charge >= 0.3 is 0 Å². The smallest absolute Gasteiger partial charge is 0.259 e. The first-order chi connectivity index (χ1) is 12.1. The predicted molar refractivity (Wildman–Crippen MR) is 96.7 cm³/mol. The molecular weight excluding hydrogens is 346 g/mol. The second-order valence-corrected chi connectivity index (χ2v) is 5.29. The molecule has 0 bridgehead atoms. The van der Waals surface area contributed by atoms with E-state index in [4.69, 9.17) is 30.5 Å². The number of benzene rings is 2. The Bertz CT molecular complexity index is 763. The number of carbonyl (C=O) groups excluding carboxylic acids is 1. The molecule has 0 atom stereocenters. The van der Waals surface area contributed by atoms with Crippen LogP contribution < -0.4 is 24.3 Å². The summed E-state index contributed by atoms with van der Waals surface area (Å²) in [4.78, 5) is 12.7. The number of methoxy groups -OCH3 is 3. The lowest BCUT2D eigenvalue weighted by Gasteiger charge is -2.17. The molecule has 0 spiro atoms. The molecule has 0 unspecified atom stereocenters. The van der Waals surface area contributed by atoms with Gasteiger partial charge in [-0.2, -0.15) is 0 Å². The van der Waals surface area contributed by atoms with E-state index < -0.39 is 0 Å². The zero-order valence-corrected chi connectivity index (χ0v) is 15.3. The van der Waals surface area contributed by atoms with Gasteiger partial charge in [-0.05, 0) is 31.2 Å². The molecule has 7 heteroatoms. The highest BCUT2D eigenvalue weighted by Crippen LogP contribution is 2.40. The van der Waals surface area contributed by atoms with Crippen LogP contribution in [-0.4, -0.2) is 33.8 Å². The molecule has 0 saturated heterocycles.